The molecule has 0 aromatic carbocycles. The van der Waals surface area contributed by atoms with E-state index < -0.39 is 0 Å². The zero-order valence-corrected chi connectivity index (χ0v) is 6.88. The fourth-order valence-corrected chi connectivity index (χ4v) is 1.12. The predicted molar refractivity (Wildman–Crippen MR) is 47.8 cm³/mol. The fourth-order valence-electron chi connectivity index (χ4n) is 1.12. The van der Waals surface area contributed by atoms with Gasteiger partial charge in [-0.3, -0.25) is 5.84 Å². The van der Waals surface area contributed by atoms with Crippen LogP contribution >= 0.6 is 0 Å². The van der Waals surface area contributed by atoms with Crippen molar-refractivity contribution in [3.8, 4) is 0 Å². The quantitative estimate of drug-likeness (QED) is 0.570. The molecule has 2 heteroatoms. The standard InChI is InChI=1S/C9H14N2/c1-3-4-5-9-7-11(10)6-8(9)2/h3-5H,2,6-7,10H2,1H3/b4-3-,9-5-. The van der Waals surface area contributed by atoms with E-state index in [4.69, 9.17) is 5.84 Å². The van der Waals surface area contributed by atoms with Crippen LogP contribution in [0.5, 0.6) is 0 Å². The SMILES string of the molecule is C=C1CN(N)C/C1=C/C=C\C. The number of hydrazine groups is 1. The highest BCUT2D eigenvalue weighted by atomic mass is 15.4. The molecule has 0 unspecified atom stereocenters. The summed E-state index contributed by atoms with van der Waals surface area (Å²) >= 11 is 0. The van der Waals surface area contributed by atoms with Crippen molar-refractivity contribution in [1.82, 2.24) is 5.01 Å². The van der Waals surface area contributed by atoms with Crippen molar-refractivity contribution in [1.29, 1.82) is 0 Å². The Hall–Kier alpha value is -0.860. The van der Waals surface area contributed by atoms with Crippen LogP contribution in [0.15, 0.2) is 36.0 Å². The molecule has 0 aromatic heterocycles. The Bertz CT molecular complexity index is 214. The highest BCUT2D eigenvalue weighted by Crippen LogP contribution is 2.16. The molecule has 0 atom stereocenters. The third-order valence-electron chi connectivity index (χ3n) is 1.71. The molecule has 0 radical (unpaired) electrons. The summed E-state index contributed by atoms with van der Waals surface area (Å²) in [6.07, 6.45) is 6.08. The molecule has 1 fully saturated rings. The smallest absolute Gasteiger partial charge is 0.0386 e. The molecule has 0 saturated carbocycles. The van der Waals surface area contributed by atoms with E-state index in [0.29, 0.717) is 0 Å². The minimum atomic E-state index is 0.795. The van der Waals surface area contributed by atoms with Gasteiger partial charge >= 0.3 is 0 Å². The first-order valence-electron chi connectivity index (χ1n) is 3.73. The number of hydrogen-bond donors (Lipinski definition) is 1. The van der Waals surface area contributed by atoms with E-state index in [0.717, 1.165) is 18.7 Å². The van der Waals surface area contributed by atoms with Gasteiger partial charge in [0.05, 0.1) is 0 Å². The molecule has 0 aromatic rings. The molecule has 0 spiro atoms. The van der Waals surface area contributed by atoms with Crippen molar-refractivity contribution in [3.05, 3.63) is 36.0 Å². The summed E-state index contributed by atoms with van der Waals surface area (Å²) in [7, 11) is 0. The first-order chi connectivity index (χ1) is 5.24. The first-order valence-corrected chi connectivity index (χ1v) is 3.73. The lowest BCUT2D eigenvalue weighted by Crippen LogP contribution is -2.26. The van der Waals surface area contributed by atoms with Crippen molar-refractivity contribution in [2.24, 2.45) is 5.84 Å². The Kier molecular flexibility index (Phi) is 2.63. The normalized spacial score (nSPS) is 24.2. The lowest BCUT2D eigenvalue weighted by atomic mass is 10.1. The molecule has 1 aliphatic heterocycles. The van der Waals surface area contributed by atoms with Crippen molar-refractivity contribution < 1.29 is 0 Å². The van der Waals surface area contributed by atoms with Crippen LogP contribution in [0.2, 0.25) is 0 Å². The number of hydrogen-bond acceptors (Lipinski definition) is 2. The molecule has 1 rings (SSSR count). The van der Waals surface area contributed by atoms with E-state index in [1.165, 1.54) is 5.57 Å². The molecular weight excluding hydrogens is 136 g/mol. The maximum atomic E-state index is 5.59. The van der Waals surface area contributed by atoms with Gasteiger partial charge in [0.2, 0.25) is 0 Å². The van der Waals surface area contributed by atoms with E-state index in [2.05, 4.69) is 12.7 Å². The number of allylic oxidation sites excluding steroid dienone is 3. The van der Waals surface area contributed by atoms with Crippen LogP contribution in [0.25, 0.3) is 0 Å². The Morgan fingerprint density at radius 2 is 2.27 bits per heavy atom. The zero-order valence-electron chi connectivity index (χ0n) is 6.88. The van der Waals surface area contributed by atoms with Crippen LogP contribution in [-0.4, -0.2) is 18.1 Å². The minimum Gasteiger partial charge on any atom is -0.268 e. The lowest BCUT2D eigenvalue weighted by Gasteiger charge is -2.01. The van der Waals surface area contributed by atoms with Gasteiger partial charge in [0.15, 0.2) is 0 Å². The van der Waals surface area contributed by atoms with Gasteiger partial charge in [-0.05, 0) is 18.1 Å². The number of rotatable bonds is 1. The van der Waals surface area contributed by atoms with Gasteiger partial charge in [0.25, 0.3) is 0 Å². The van der Waals surface area contributed by atoms with Crippen molar-refractivity contribution in [2.75, 3.05) is 13.1 Å². The highest BCUT2D eigenvalue weighted by Gasteiger charge is 2.15. The summed E-state index contributed by atoms with van der Waals surface area (Å²) < 4.78 is 0. The van der Waals surface area contributed by atoms with Crippen molar-refractivity contribution in [2.45, 2.75) is 6.92 Å². The van der Waals surface area contributed by atoms with Crippen LogP contribution in [-0.2, 0) is 0 Å². The van der Waals surface area contributed by atoms with E-state index in [9.17, 15) is 0 Å². The second-order valence-electron chi connectivity index (χ2n) is 2.73. The predicted octanol–water partition coefficient (Wildman–Crippen LogP) is 1.23. The Morgan fingerprint density at radius 3 is 2.73 bits per heavy atom. The molecule has 11 heavy (non-hydrogen) atoms. The fraction of sp³-hybridized carbons (Fsp3) is 0.333. The number of nitrogens with two attached hydrogens (primary N) is 1. The van der Waals surface area contributed by atoms with E-state index in [1.807, 2.05) is 19.1 Å². The molecule has 2 nitrogen and oxygen atoms in total. The summed E-state index contributed by atoms with van der Waals surface area (Å²) in [5, 5.41) is 1.76. The molecule has 0 amide bonds. The monoisotopic (exact) mass is 150 g/mol. The van der Waals surface area contributed by atoms with Gasteiger partial charge in [-0.2, -0.15) is 0 Å². The van der Waals surface area contributed by atoms with Gasteiger partial charge in [0, 0.05) is 13.1 Å². The van der Waals surface area contributed by atoms with E-state index >= 15 is 0 Å². The summed E-state index contributed by atoms with van der Waals surface area (Å²) in [5.74, 6) is 5.59. The van der Waals surface area contributed by atoms with Crippen LogP contribution in [0.1, 0.15) is 6.92 Å². The zero-order chi connectivity index (χ0) is 8.27. The van der Waals surface area contributed by atoms with Gasteiger partial charge in [-0.15, -0.1) is 0 Å². The summed E-state index contributed by atoms with van der Waals surface area (Å²) in [4.78, 5) is 0. The molecule has 2 N–H and O–H groups in total. The van der Waals surface area contributed by atoms with Crippen molar-refractivity contribution >= 4 is 0 Å². The lowest BCUT2D eigenvalue weighted by molar-refractivity contribution is 0.372. The average molecular weight is 150 g/mol. The molecule has 60 valence electrons. The van der Waals surface area contributed by atoms with E-state index in [1.54, 1.807) is 5.01 Å². The third kappa shape index (κ3) is 2.03. The number of nitrogens with zero attached hydrogens (tertiary/aromatic N) is 1. The molecular formula is C9H14N2. The van der Waals surface area contributed by atoms with Gasteiger partial charge in [-0.25, -0.2) is 5.01 Å². The van der Waals surface area contributed by atoms with Gasteiger partial charge in [0.1, 0.15) is 0 Å². The molecule has 1 aliphatic rings. The first kappa shape index (κ1) is 8.24. The second kappa shape index (κ2) is 3.51. The maximum Gasteiger partial charge on any atom is 0.0386 e. The third-order valence-corrected chi connectivity index (χ3v) is 1.71. The highest BCUT2D eigenvalue weighted by molar-refractivity contribution is 5.37. The van der Waals surface area contributed by atoms with Crippen molar-refractivity contribution in [3.63, 3.8) is 0 Å². The Morgan fingerprint density at radius 1 is 1.55 bits per heavy atom. The van der Waals surface area contributed by atoms with Crippen LogP contribution in [0.4, 0.5) is 0 Å². The summed E-state index contributed by atoms with van der Waals surface area (Å²) in [5.41, 5.74) is 2.37. The van der Waals surface area contributed by atoms with Crippen LogP contribution in [0.3, 0.4) is 0 Å². The summed E-state index contributed by atoms with van der Waals surface area (Å²) in [6.45, 7) is 7.53. The second-order valence-corrected chi connectivity index (χ2v) is 2.73. The minimum absolute atomic E-state index is 0.795. The summed E-state index contributed by atoms with van der Waals surface area (Å²) in [6, 6.07) is 0. The molecule has 1 heterocycles. The molecule has 1 saturated heterocycles. The largest absolute Gasteiger partial charge is 0.268 e. The molecule has 0 bridgehead atoms. The molecule has 0 aliphatic carbocycles. The topological polar surface area (TPSA) is 29.3 Å². The van der Waals surface area contributed by atoms with Gasteiger partial charge < -0.3 is 0 Å². The van der Waals surface area contributed by atoms with E-state index in [-0.39, 0.29) is 0 Å². The Balaban J connectivity index is 2.67. The van der Waals surface area contributed by atoms with Crippen LogP contribution < -0.4 is 5.84 Å². The average Bonchev–Trinajstić information content (AvgIpc) is 2.26. The Labute approximate surface area is 67.7 Å². The maximum absolute atomic E-state index is 5.59. The van der Waals surface area contributed by atoms with Gasteiger partial charge in [-0.1, -0.05) is 24.8 Å². The van der Waals surface area contributed by atoms with Crippen LogP contribution in [0, 0.1) is 0 Å².